The van der Waals surface area contributed by atoms with Crippen molar-refractivity contribution in [2.45, 2.75) is 49.6 Å². The minimum atomic E-state index is -0.515. The highest BCUT2D eigenvalue weighted by Crippen LogP contribution is 2.51. The van der Waals surface area contributed by atoms with Crippen molar-refractivity contribution in [3.63, 3.8) is 0 Å². The molecule has 20 heavy (non-hydrogen) atoms. The highest BCUT2D eigenvalue weighted by molar-refractivity contribution is 8.01. The van der Waals surface area contributed by atoms with E-state index < -0.39 is 4.87 Å². The molecule has 0 N–H and O–H groups in total. The number of esters is 1. The van der Waals surface area contributed by atoms with Gasteiger partial charge in [-0.25, -0.2) is 9.69 Å². The zero-order chi connectivity index (χ0) is 14.4. The van der Waals surface area contributed by atoms with Gasteiger partial charge in [-0.05, 0) is 25.0 Å². The van der Waals surface area contributed by atoms with Crippen molar-refractivity contribution in [2.75, 3.05) is 6.54 Å². The van der Waals surface area contributed by atoms with Gasteiger partial charge in [0.2, 0.25) is 0 Å². The third-order valence-electron chi connectivity index (χ3n) is 3.97. The first-order chi connectivity index (χ1) is 9.43. The van der Waals surface area contributed by atoms with Crippen LogP contribution < -0.4 is 0 Å². The molecule has 0 bridgehead atoms. The quantitative estimate of drug-likeness (QED) is 0.780. The lowest BCUT2D eigenvalue weighted by molar-refractivity contribution is -0.148. The van der Waals surface area contributed by atoms with Crippen LogP contribution in [0.1, 0.15) is 33.6 Å². The third kappa shape index (κ3) is 2.15. The molecule has 0 spiro atoms. The summed E-state index contributed by atoms with van der Waals surface area (Å²) < 4.78 is 5.73. The van der Waals surface area contributed by atoms with Crippen LogP contribution in [-0.2, 0) is 9.53 Å². The highest BCUT2D eigenvalue weighted by Gasteiger charge is 2.60. The van der Waals surface area contributed by atoms with E-state index in [-0.39, 0.29) is 17.6 Å². The molecule has 1 aromatic carbocycles. The molecule has 108 valence electrons. The average Bonchev–Trinajstić information content (AvgIpc) is 2.90. The Kier molecular flexibility index (Phi) is 3.33. The predicted molar refractivity (Wildman–Crippen MR) is 80.3 cm³/mol. The van der Waals surface area contributed by atoms with Gasteiger partial charge in [-0.2, -0.15) is 0 Å². The van der Waals surface area contributed by atoms with Gasteiger partial charge in [-0.3, -0.25) is 0 Å². The smallest absolute Gasteiger partial charge is 0.339 e. The molecule has 0 amide bonds. The Balaban J connectivity index is 1.93. The number of carbonyl (C=O) groups is 1. The average molecular weight is 291 g/mol. The molecule has 2 fully saturated rings. The second-order valence-corrected chi connectivity index (χ2v) is 7.97. The second-order valence-electron chi connectivity index (χ2n) is 6.62. The van der Waals surface area contributed by atoms with Crippen LogP contribution in [0.4, 0.5) is 0 Å². The van der Waals surface area contributed by atoms with Crippen LogP contribution in [0.2, 0.25) is 0 Å². The van der Waals surface area contributed by atoms with Crippen molar-refractivity contribution in [3.8, 4) is 0 Å². The number of carbonyl (C=O) groups excluding carboxylic acids is 1. The van der Waals surface area contributed by atoms with Gasteiger partial charge in [0, 0.05) is 16.9 Å². The summed E-state index contributed by atoms with van der Waals surface area (Å²) in [5, 5.41) is 0. The standard InChI is InChI=1S/C16H21NO2S/c1-15(2,3)13-17-11-7-10-16(17,14(18)19-13)20-12-8-5-4-6-9-12/h4-6,8-9,13H,7,10-11H2,1-3H3/t13-,16+/m1/s1. The fourth-order valence-electron chi connectivity index (χ4n) is 3.08. The first-order valence-electron chi connectivity index (χ1n) is 7.15. The number of hydrogen-bond acceptors (Lipinski definition) is 4. The maximum absolute atomic E-state index is 12.6. The molecule has 0 radical (unpaired) electrons. The Morgan fingerprint density at radius 3 is 2.65 bits per heavy atom. The van der Waals surface area contributed by atoms with Gasteiger partial charge in [0.25, 0.3) is 0 Å². The summed E-state index contributed by atoms with van der Waals surface area (Å²) >= 11 is 1.65. The van der Waals surface area contributed by atoms with Gasteiger partial charge in [0.1, 0.15) is 0 Å². The van der Waals surface area contributed by atoms with Crippen LogP contribution in [0, 0.1) is 5.41 Å². The molecule has 2 aliphatic heterocycles. The number of ether oxygens (including phenoxy) is 1. The van der Waals surface area contributed by atoms with E-state index >= 15 is 0 Å². The number of rotatable bonds is 2. The van der Waals surface area contributed by atoms with Crippen LogP contribution in [-0.4, -0.2) is 28.5 Å². The maximum atomic E-state index is 12.6. The number of cyclic esters (lactones) is 1. The van der Waals surface area contributed by atoms with Crippen molar-refractivity contribution in [1.82, 2.24) is 4.90 Å². The lowest BCUT2D eigenvalue weighted by Gasteiger charge is -2.34. The van der Waals surface area contributed by atoms with Crippen molar-refractivity contribution in [1.29, 1.82) is 0 Å². The predicted octanol–water partition coefficient (Wildman–Crippen LogP) is 3.50. The van der Waals surface area contributed by atoms with E-state index in [0.717, 1.165) is 24.3 Å². The summed E-state index contributed by atoms with van der Waals surface area (Å²) in [4.78, 5) is 15.4. The van der Waals surface area contributed by atoms with E-state index in [2.05, 4.69) is 37.8 Å². The maximum Gasteiger partial charge on any atom is 0.339 e. The second kappa shape index (κ2) is 4.78. The van der Waals surface area contributed by atoms with Gasteiger partial charge in [-0.15, -0.1) is 0 Å². The Bertz CT molecular complexity index is 511. The Labute approximate surface area is 124 Å². The summed E-state index contributed by atoms with van der Waals surface area (Å²) in [7, 11) is 0. The SMILES string of the molecule is CC(C)(C)[C@H]1OC(=O)[C@@]2(Sc3ccccc3)CCCN12. The molecule has 0 aliphatic carbocycles. The van der Waals surface area contributed by atoms with Gasteiger partial charge >= 0.3 is 5.97 Å². The van der Waals surface area contributed by atoms with Gasteiger partial charge in [0.15, 0.2) is 11.1 Å². The molecule has 3 rings (SSSR count). The number of nitrogens with zero attached hydrogens (tertiary/aromatic N) is 1. The minimum absolute atomic E-state index is 0.0565. The lowest BCUT2D eigenvalue weighted by atomic mass is 9.93. The molecule has 0 unspecified atom stereocenters. The van der Waals surface area contributed by atoms with Crippen LogP contribution in [0.25, 0.3) is 0 Å². The molecule has 2 saturated heterocycles. The Hall–Kier alpha value is -1.00. The number of fused-ring (bicyclic) bond motifs is 1. The normalized spacial score (nSPS) is 30.4. The molecular weight excluding hydrogens is 270 g/mol. The number of hydrogen-bond donors (Lipinski definition) is 0. The van der Waals surface area contributed by atoms with Crippen molar-refractivity contribution < 1.29 is 9.53 Å². The van der Waals surface area contributed by atoms with Gasteiger partial charge in [-0.1, -0.05) is 50.7 Å². The molecule has 2 heterocycles. The van der Waals surface area contributed by atoms with E-state index in [1.165, 1.54) is 0 Å². The van der Waals surface area contributed by atoms with Crippen molar-refractivity contribution in [3.05, 3.63) is 30.3 Å². The van der Waals surface area contributed by atoms with Crippen molar-refractivity contribution >= 4 is 17.7 Å². The molecule has 2 aliphatic rings. The Morgan fingerprint density at radius 1 is 1.30 bits per heavy atom. The van der Waals surface area contributed by atoms with E-state index in [1.807, 2.05) is 18.2 Å². The molecule has 4 heteroatoms. The summed E-state index contributed by atoms with van der Waals surface area (Å²) in [6, 6.07) is 10.2. The van der Waals surface area contributed by atoms with Crippen molar-refractivity contribution in [2.24, 2.45) is 5.41 Å². The molecule has 3 nitrogen and oxygen atoms in total. The van der Waals surface area contributed by atoms with Crippen LogP contribution >= 0.6 is 11.8 Å². The van der Waals surface area contributed by atoms with Gasteiger partial charge < -0.3 is 4.74 Å². The molecule has 2 atom stereocenters. The lowest BCUT2D eigenvalue weighted by Crippen LogP contribution is -2.46. The Morgan fingerprint density at radius 2 is 2.00 bits per heavy atom. The van der Waals surface area contributed by atoms with Crippen LogP contribution in [0.15, 0.2) is 35.2 Å². The van der Waals surface area contributed by atoms with E-state index in [4.69, 9.17) is 4.74 Å². The highest BCUT2D eigenvalue weighted by atomic mass is 32.2. The summed E-state index contributed by atoms with van der Waals surface area (Å²) in [5.74, 6) is -0.0659. The molecule has 0 saturated carbocycles. The number of thioether (sulfide) groups is 1. The topological polar surface area (TPSA) is 29.5 Å². The minimum Gasteiger partial charge on any atom is -0.444 e. The molecule has 0 aromatic heterocycles. The van der Waals surface area contributed by atoms with Gasteiger partial charge in [0.05, 0.1) is 0 Å². The zero-order valence-electron chi connectivity index (χ0n) is 12.3. The third-order valence-corrected chi connectivity index (χ3v) is 5.42. The zero-order valence-corrected chi connectivity index (χ0v) is 13.1. The first kappa shape index (κ1) is 14.0. The number of benzene rings is 1. The first-order valence-corrected chi connectivity index (χ1v) is 7.97. The van der Waals surface area contributed by atoms with E-state index in [1.54, 1.807) is 11.8 Å². The van der Waals surface area contributed by atoms with Crippen LogP contribution in [0.3, 0.4) is 0 Å². The molecule has 1 aromatic rings. The summed E-state index contributed by atoms with van der Waals surface area (Å²) in [6.45, 7) is 7.33. The van der Waals surface area contributed by atoms with E-state index in [9.17, 15) is 4.79 Å². The monoisotopic (exact) mass is 291 g/mol. The summed E-state index contributed by atoms with van der Waals surface area (Å²) in [6.07, 6.45) is 1.81. The fraction of sp³-hybridized carbons (Fsp3) is 0.562. The molecular formula is C16H21NO2S. The van der Waals surface area contributed by atoms with E-state index in [0.29, 0.717) is 0 Å². The fourth-order valence-corrected chi connectivity index (χ4v) is 4.44. The van der Waals surface area contributed by atoms with Crippen LogP contribution in [0.5, 0.6) is 0 Å². The largest absolute Gasteiger partial charge is 0.444 e. The summed E-state index contributed by atoms with van der Waals surface area (Å²) in [5.41, 5.74) is -0.0565.